The standard InChI is InChI=1S/C20H23F3N4O3/c1-30-19(29)27-8-2-12(3-9-27)17-24-15-10-13-4-6-26(18(28)20(21,22)23)7-5-14(13)11-16(15)25-17/h10,12H,2-9,11H2,1H3. The fourth-order valence-corrected chi connectivity index (χ4v) is 4.39. The largest absolute Gasteiger partial charge is 0.471 e. The summed E-state index contributed by atoms with van der Waals surface area (Å²) in [7, 11) is 1.37. The number of hydrogen-bond acceptors (Lipinski definition) is 5. The molecule has 1 fully saturated rings. The number of aliphatic imine (C=N–C) groups is 2. The molecule has 0 bridgehead atoms. The lowest BCUT2D eigenvalue weighted by molar-refractivity contribution is -0.185. The number of nitrogens with zero attached hydrogens (tertiary/aromatic N) is 4. The number of ether oxygens (including phenoxy) is 1. The quantitative estimate of drug-likeness (QED) is 0.649. The molecule has 3 aliphatic heterocycles. The lowest BCUT2D eigenvalue weighted by Crippen LogP contribution is -2.41. The molecule has 0 aromatic carbocycles. The van der Waals surface area contributed by atoms with E-state index in [9.17, 15) is 22.8 Å². The molecule has 0 N–H and O–H groups in total. The number of fused-ring (bicyclic) bond motifs is 1. The van der Waals surface area contributed by atoms with Gasteiger partial charge in [-0.25, -0.2) is 14.8 Å². The number of hydrogen-bond donors (Lipinski definition) is 0. The Balaban J connectivity index is 1.41. The second kappa shape index (κ2) is 7.88. The molecule has 0 spiro atoms. The highest BCUT2D eigenvalue weighted by Crippen LogP contribution is 2.34. The number of likely N-dealkylation sites (tertiary alicyclic amines) is 1. The monoisotopic (exact) mass is 424 g/mol. The molecule has 0 radical (unpaired) electrons. The minimum absolute atomic E-state index is 0.0516. The van der Waals surface area contributed by atoms with Crippen LogP contribution in [0.15, 0.2) is 32.9 Å². The average Bonchev–Trinajstić information content (AvgIpc) is 3.03. The third-order valence-electron chi connectivity index (χ3n) is 6.08. The van der Waals surface area contributed by atoms with Crippen LogP contribution in [0.4, 0.5) is 18.0 Å². The lowest BCUT2D eigenvalue weighted by atomic mass is 9.91. The van der Waals surface area contributed by atoms with Gasteiger partial charge in [-0.1, -0.05) is 5.57 Å². The summed E-state index contributed by atoms with van der Waals surface area (Å²) in [5.74, 6) is -0.831. The third kappa shape index (κ3) is 3.99. The highest BCUT2D eigenvalue weighted by molar-refractivity contribution is 6.15. The number of methoxy groups -OCH3 is 1. The highest BCUT2D eigenvalue weighted by atomic mass is 19.4. The summed E-state index contributed by atoms with van der Waals surface area (Å²) in [6.07, 6.45) is -0.371. The zero-order valence-electron chi connectivity index (χ0n) is 16.7. The number of halogens is 3. The number of carbonyl (C=O) groups is 2. The molecule has 30 heavy (non-hydrogen) atoms. The van der Waals surface area contributed by atoms with Gasteiger partial charge >= 0.3 is 18.2 Å². The van der Waals surface area contributed by atoms with Crippen molar-refractivity contribution in [2.24, 2.45) is 15.9 Å². The first-order valence-electron chi connectivity index (χ1n) is 10.0. The van der Waals surface area contributed by atoms with Gasteiger partial charge in [-0.05, 0) is 37.3 Å². The van der Waals surface area contributed by atoms with Crippen molar-refractivity contribution in [1.29, 1.82) is 0 Å². The van der Waals surface area contributed by atoms with Gasteiger partial charge in [-0.2, -0.15) is 13.2 Å². The van der Waals surface area contributed by atoms with Crippen LogP contribution in [0.3, 0.4) is 0 Å². The first kappa shape index (κ1) is 20.6. The van der Waals surface area contributed by atoms with Crippen LogP contribution in [0.2, 0.25) is 0 Å². The number of carbonyl (C=O) groups excluding carboxylic acids is 2. The van der Waals surface area contributed by atoms with E-state index in [1.54, 1.807) is 4.90 Å². The molecule has 4 rings (SSSR count). The molecule has 0 saturated carbocycles. The Morgan fingerprint density at radius 1 is 1.07 bits per heavy atom. The number of amidine groups is 1. The van der Waals surface area contributed by atoms with Gasteiger partial charge in [0, 0.05) is 38.5 Å². The van der Waals surface area contributed by atoms with Crippen LogP contribution in [0, 0.1) is 5.92 Å². The van der Waals surface area contributed by atoms with Gasteiger partial charge in [-0.15, -0.1) is 0 Å². The number of rotatable bonds is 1. The maximum Gasteiger partial charge on any atom is 0.471 e. The van der Waals surface area contributed by atoms with Crippen molar-refractivity contribution in [2.75, 3.05) is 33.3 Å². The van der Waals surface area contributed by atoms with Crippen molar-refractivity contribution in [3.8, 4) is 0 Å². The highest BCUT2D eigenvalue weighted by Gasteiger charge is 2.43. The van der Waals surface area contributed by atoms with E-state index in [0.717, 1.165) is 46.1 Å². The average molecular weight is 424 g/mol. The predicted octanol–water partition coefficient (Wildman–Crippen LogP) is 3.09. The zero-order chi connectivity index (χ0) is 21.5. The summed E-state index contributed by atoms with van der Waals surface area (Å²) in [6, 6.07) is 0. The number of amides is 2. The van der Waals surface area contributed by atoms with E-state index in [-0.39, 0.29) is 25.1 Å². The maximum absolute atomic E-state index is 12.8. The molecule has 2 amide bonds. The van der Waals surface area contributed by atoms with E-state index >= 15 is 0 Å². The Kier molecular flexibility index (Phi) is 5.42. The summed E-state index contributed by atoms with van der Waals surface area (Å²) in [4.78, 5) is 35.2. The van der Waals surface area contributed by atoms with Gasteiger partial charge in [-0.3, -0.25) is 4.79 Å². The van der Waals surface area contributed by atoms with Crippen molar-refractivity contribution in [3.05, 3.63) is 22.9 Å². The summed E-state index contributed by atoms with van der Waals surface area (Å²) in [5.41, 5.74) is 3.61. The second-order valence-corrected chi connectivity index (χ2v) is 7.88. The van der Waals surface area contributed by atoms with Gasteiger partial charge in [0.25, 0.3) is 0 Å². The van der Waals surface area contributed by atoms with E-state index in [1.807, 2.05) is 6.08 Å². The fraction of sp³-hybridized carbons (Fsp3) is 0.600. The number of allylic oxidation sites excluding steroid dienone is 2. The molecule has 0 aromatic rings. The molecule has 7 nitrogen and oxygen atoms in total. The van der Waals surface area contributed by atoms with Gasteiger partial charge in [0.05, 0.1) is 18.5 Å². The third-order valence-corrected chi connectivity index (χ3v) is 6.08. The van der Waals surface area contributed by atoms with Crippen LogP contribution in [-0.2, 0) is 9.53 Å². The summed E-state index contributed by atoms with van der Waals surface area (Å²) < 4.78 is 43.0. The van der Waals surface area contributed by atoms with Crippen LogP contribution in [0.5, 0.6) is 0 Å². The first-order valence-corrected chi connectivity index (χ1v) is 10.0. The zero-order valence-corrected chi connectivity index (χ0v) is 16.7. The van der Waals surface area contributed by atoms with Gasteiger partial charge in [0.1, 0.15) is 5.84 Å². The second-order valence-electron chi connectivity index (χ2n) is 7.88. The molecule has 4 aliphatic rings. The van der Waals surface area contributed by atoms with E-state index in [1.165, 1.54) is 7.11 Å². The number of alkyl halides is 3. The lowest BCUT2D eigenvalue weighted by Gasteiger charge is -2.30. The summed E-state index contributed by atoms with van der Waals surface area (Å²) in [5, 5.41) is 0. The Labute approximate surface area is 172 Å². The minimum Gasteiger partial charge on any atom is -0.453 e. The van der Waals surface area contributed by atoms with Gasteiger partial charge in [0.2, 0.25) is 0 Å². The van der Waals surface area contributed by atoms with Crippen molar-refractivity contribution in [1.82, 2.24) is 9.80 Å². The van der Waals surface area contributed by atoms with Crippen LogP contribution in [0.1, 0.15) is 32.1 Å². The van der Waals surface area contributed by atoms with E-state index in [4.69, 9.17) is 9.73 Å². The summed E-state index contributed by atoms with van der Waals surface area (Å²) >= 11 is 0. The minimum atomic E-state index is -4.84. The van der Waals surface area contributed by atoms with Gasteiger partial charge < -0.3 is 14.5 Å². The Bertz CT molecular complexity index is 880. The smallest absolute Gasteiger partial charge is 0.453 e. The Morgan fingerprint density at radius 3 is 2.43 bits per heavy atom. The van der Waals surface area contributed by atoms with Crippen molar-refractivity contribution in [3.63, 3.8) is 0 Å². The van der Waals surface area contributed by atoms with Crippen molar-refractivity contribution in [2.45, 2.75) is 38.3 Å². The molecule has 0 atom stereocenters. The SMILES string of the molecule is COC(=O)N1CCC(C2=NC3=CC4=C(CCN(C(=O)C(F)(F)F)CC4)CC3=N2)CC1. The molecular formula is C20H23F3N4O3. The molecule has 0 unspecified atom stereocenters. The van der Waals surface area contributed by atoms with Crippen LogP contribution >= 0.6 is 0 Å². The first-order chi connectivity index (χ1) is 14.3. The molecular weight excluding hydrogens is 401 g/mol. The fourth-order valence-electron chi connectivity index (χ4n) is 4.39. The number of piperidine rings is 1. The van der Waals surface area contributed by atoms with E-state index < -0.39 is 12.1 Å². The van der Waals surface area contributed by atoms with E-state index in [0.29, 0.717) is 32.4 Å². The molecule has 0 aromatic heterocycles. The Hall–Kier alpha value is -2.65. The normalized spacial score (nSPS) is 22.6. The molecule has 162 valence electrons. The Morgan fingerprint density at radius 2 is 1.77 bits per heavy atom. The maximum atomic E-state index is 12.8. The van der Waals surface area contributed by atoms with Crippen molar-refractivity contribution < 1.29 is 27.5 Å². The van der Waals surface area contributed by atoms with Crippen LogP contribution < -0.4 is 0 Å². The van der Waals surface area contributed by atoms with Gasteiger partial charge in [0.15, 0.2) is 0 Å². The topological polar surface area (TPSA) is 74.6 Å². The molecule has 1 saturated heterocycles. The molecule has 10 heteroatoms. The predicted molar refractivity (Wildman–Crippen MR) is 103 cm³/mol. The summed E-state index contributed by atoms with van der Waals surface area (Å²) in [6.45, 7) is 1.31. The molecule has 3 heterocycles. The van der Waals surface area contributed by atoms with Crippen LogP contribution in [-0.4, -0.2) is 72.8 Å². The molecule has 1 aliphatic carbocycles. The van der Waals surface area contributed by atoms with E-state index in [2.05, 4.69) is 4.99 Å². The van der Waals surface area contributed by atoms with Crippen LogP contribution in [0.25, 0.3) is 0 Å². The van der Waals surface area contributed by atoms with Crippen molar-refractivity contribution >= 4 is 23.5 Å².